The summed E-state index contributed by atoms with van der Waals surface area (Å²) in [6, 6.07) is 0.325. The Morgan fingerprint density at radius 1 is 0.889 bits per heavy atom. The Kier molecular flexibility index (Phi) is 13.8. The fourth-order valence-electron chi connectivity index (χ4n) is 10.5. The van der Waals surface area contributed by atoms with E-state index < -0.39 is 42.6 Å². The van der Waals surface area contributed by atoms with Crippen LogP contribution in [0.1, 0.15) is 92.4 Å². The summed E-state index contributed by atoms with van der Waals surface area (Å²) in [7, 11) is 7.28. The summed E-state index contributed by atoms with van der Waals surface area (Å²) in [4.78, 5) is 42.4. The summed E-state index contributed by atoms with van der Waals surface area (Å²) in [5, 5.41) is 0. The van der Waals surface area contributed by atoms with Crippen LogP contribution >= 0.6 is 0 Å². The van der Waals surface area contributed by atoms with Crippen molar-refractivity contribution in [2.75, 3.05) is 28.3 Å². The van der Waals surface area contributed by atoms with Gasteiger partial charge in [0.15, 0.2) is 24.5 Å². The molecular weight excluding hydrogens is 694 g/mol. The highest BCUT2D eigenvalue weighted by Gasteiger charge is 2.53. The molecule has 0 aromatic heterocycles. The maximum Gasteiger partial charge on any atom is 0.306 e. The number of methoxy groups -OCH3 is 2. The van der Waals surface area contributed by atoms with Crippen molar-refractivity contribution in [1.82, 2.24) is 4.90 Å². The second-order valence-electron chi connectivity index (χ2n) is 16.9. The van der Waals surface area contributed by atoms with Gasteiger partial charge in [-0.05, 0) is 109 Å². The number of esters is 2. The first kappa shape index (κ1) is 41.4. The van der Waals surface area contributed by atoms with E-state index in [2.05, 4.69) is 51.1 Å². The molecule has 0 aromatic carbocycles. The van der Waals surface area contributed by atoms with E-state index in [1.54, 1.807) is 14.2 Å². The molecule has 4 fully saturated rings. The Labute approximate surface area is 321 Å². The number of ether oxygens (including phenoxy) is 8. The van der Waals surface area contributed by atoms with E-state index in [1.807, 2.05) is 13.8 Å². The predicted octanol–water partition coefficient (Wildman–Crippen LogP) is 5.40. The maximum absolute atomic E-state index is 14.7. The minimum absolute atomic E-state index is 0.00469. The number of rotatable bonds is 9. The van der Waals surface area contributed by atoms with Crippen LogP contribution in [0.25, 0.3) is 0 Å². The largest absolute Gasteiger partial charge is 0.462 e. The van der Waals surface area contributed by atoms with E-state index in [-0.39, 0.29) is 78.5 Å². The third-order valence-corrected chi connectivity index (χ3v) is 13.3. The highest BCUT2D eigenvalue weighted by molar-refractivity contribution is 5.99. The molecule has 0 aromatic rings. The summed E-state index contributed by atoms with van der Waals surface area (Å²) >= 11 is 0. The Bertz CT molecular complexity index is 1380. The van der Waals surface area contributed by atoms with Crippen LogP contribution in [0.15, 0.2) is 23.8 Å². The Balaban J connectivity index is 1.21. The van der Waals surface area contributed by atoms with Gasteiger partial charge >= 0.3 is 11.9 Å². The molecule has 12 nitrogen and oxygen atoms in total. The maximum atomic E-state index is 14.7. The molecule has 0 radical (unpaired) electrons. The molecule has 304 valence electrons. The summed E-state index contributed by atoms with van der Waals surface area (Å²) in [6.45, 7) is 9.40. The van der Waals surface area contributed by atoms with Gasteiger partial charge in [0, 0.05) is 39.0 Å². The number of carbonyl (C=O) groups excluding carboxylic acids is 3. The number of hydrogen-bond donors (Lipinski definition) is 0. The van der Waals surface area contributed by atoms with Crippen molar-refractivity contribution >= 4 is 17.7 Å². The number of likely N-dealkylation sites (N-methyl/N-ethyl adjacent to an activating group) is 1. The van der Waals surface area contributed by atoms with Crippen molar-refractivity contribution in [2.45, 2.75) is 160 Å². The second kappa shape index (κ2) is 17.9. The zero-order chi connectivity index (χ0) is 38.8. The number of nitrogens with zero attached hydrogens (tertiary/aromatic N) is 1. The SMILES string of the molecule is CC[C@H]1CCC[C@H](O[C@H]2CC[C@H](N(C)C)[C@@H](C)O2)[C@@H](C)C(=O)C2=C[C@@H]3[C@@H](C=C[C@@H]4C[C@@H](O[C@@H]5O[C@@H](C)[C@H](OC)[C@@H](OC(C)=O)[C@H]5OC)C[C@@H]34)[C@@H]2CC(=O)O1. The first-order valence-electron chi connectivity index (χ1n) is 20.5. The number of ketones is 1. The van der Waals surface area contributed by atoms with Gasteiger partial charge < -0.3 is 42.8 Å². The quantitative estimate of drug-likeness (QED) is 0.221. The molecule has 0 spiro atoms. The number of allylic oxidation sites excluding steroid dienone is 4. The molecule has 0 N–H and O–H groups in total. The molecule has 17 atom stereocenters. The van der Waals surface area contributed by atoms with Crippen molar-refractivity contribution in [3.05, 3.63) is 23.8 Å². The molecule has 12 heteroatoms. The molecule has 6 rings (SSSR count). The van der Waals surface area contributed by atoms with Gasteiger partial charge in [0.2, 0.25) is 0 Å². The smallest absolute Gasteiger partial charge is 0.306 e. The van der Waals surface area contributed by atoms with Crippen LogP contribution in [0.4, 0.5) is 0 Å². The number of hydrogen-bond acceptors (Lipinski definition) is 12. The van der Waals surface area contributed by atoms with Crippen molar-refractivity contribution in [3.63, 3.8) is 0 Å². The number of Topliss-reactive ketones (excluding diaryl/α,β-unsaturated/α-hetero) is 1. The Morgan fingerprint density at radius 3 is 2.31 bits per heavy atom. The highest BCUT2D eigenvalue weighted by atomic mass is 16.7. The van der Waals surface area contributed by atoms with E-state index in [0.717, 1.165) is 50.5 Å². The van der Waals surface area contributed by atoms with Gasteiger partial charge in [0.25, 0.3) is 0 Å². The van der Waals surface area contributed by atoms with Crippen molar-refractivity contribution in [1.29, 1.82) is 0 Å². The standard InChI is InChI=1S/C42H65NO11/c1-10-27-12-11-13-35(54-37-17-16-34(43(6)7)23(3)49-37)22(2)38(46)33-20-31-29(32(33)21-36(45)52-27)15-14-26-18-28(19-30(26)31)53-42-41(48-9)40(51-25(5)44)39(47-8)24(4)50-42/h14-15,20,22-24,26-32,34-35,37,39-42H,10-13,16-19,21H2,1-9H3/t22-,23-,24+,26-,27+,28-,29-,30-,31-,32+,34+,35+,37+,39+,40-,41-,42+/m1/s1. The molecule has 6 aliphatic rings. The predicted molar refractivity (Wildman–Crippen MR) is 199 cm³/mol. The molecule has 1 saturated carbocycles. The molecule has 54 heavy (non-hydrogen) atoms. The molecule has 0 unspecified atom stereocenters. The van der Waals surface area contributed by atoms with Gasteiger partial charge in [-0.3, -0.25) is 14.4 Å². The fraction of sp³-hybridized carbons (Fsp3) is 0.833. The lowest BCUT2D eigenvalue weighted by molar-refractivity contribution is -0.312. The normalized spacial score (nSPS) is 44.3. The Hall–Kier alpha value is -2.19. The zero-order valence-corrected chi connectivity index (χ0v) is 33.8. The van der Waals surface area contributed by atoms with E-state index in [0.29, 0.717) is 12.5 Å². The zero-order valence-electron chi connectivity index (χ0n) is 33.8. The van der Waals surface area contributed by atoms with E-state index in [9.17, 15) is 14.4 Å². The monoisotopic (exact) mass is 759 g/mol. The fourth-order valence-corrected chi connectivity index (χ4v) is 10.5. The topological polar surface area (TPSA) is 128 Å². The molecule has 3 heterocycles. The molecule has 3 saturated heterocycles. The van der Waals surface area contributed by atoms with Gasteiger partial charge in [-0.15, -0.1) is 0 Å². The number of carbonyl (C=O) groups is 3. The minimum atomic E-state index is -0.756. The second-order valence-corrected chi connectivity index (χ2v) is 16.9. The van der Waals surface area contributed by atoms with Crippen LogP contribution in [0.5, 0.6) is 0 Å². The van der Waals surface area contributed by atoms with Crippen LogP contribution in [-0.4, -0.2) is 118 Å². The van der Waals surface area contributed by atoms with Crippen molar-refractivity contribution in [3.8, 4) is 0 Å². The molecule has 3 aliphatic heterocycles. The summed E-state index contributed by atoms with van der Waals surface area (Å²) in [5.74, 6) is -0.726. The number of cyclic esters (lactones) is 1. The van der Waals surface area contributed by atoms with Crippen LogP contribution in [0.2, 0.25) is 0 Å². The van der Waals surface area contributed by atoms with Crippen LogP contribution in [0, 0.1) is 35.5 Å². The van der Waals surface area contributed by atoms with Gasteiger partial charge in [-0.2, -0.15) is 0 Å². The molecule has 0 bridgehead atoms. The van der Waals surface area contributed by atoms with Gasteiger partial charge in [0.1, 0.15) is 18.3 Å². The summed E-state index contributed by atoms with van der Waals surface area (Å²) < 4.78 is 49.2. The highest BCUT2D eigenvalue weighted by Crippen LogP contribution is 2.54. The Morgan fingerprint density at radius 2 is 1.65 bits per heavy atom. The van der Waals surface area contributed by atoms with Gasteiger partial charge in [-0.1, -0.05) is 32.1 Å². The van der Waals surface area contributed by atoms with Crippen LogP contribution < -0.4 is 0 Å². The third-order valence-electron chi connectivity index (χ3n) is 13.3. The van der Waals surface area contributed by atoms with Gasteiger partial charge in [0.05, 0.1) is 30.8 Å². The van der Waals surface area contributed by atoms with Crippen molar-refractivity contribution in [2.24, 2.45) is 35.5 Å². The summed E-state index contributed by atoms with van der Waals surface area (Å²) in [5.41, 5.74) is 0.732. The van der Waals surface area contributed by atoms with Gasteiger partial charge in [-0.25, -0.2) is 0 Å². The number of fused-ring (bicyclic) bond motifs is 5. The van der Waals surface area contributed by atoms with E-state index in [4.69, 9.17) is 37.9 Å². The summed E-state index contributed by atoms with van der Waals surface area (Å²) in [6.07, 6.45) is 9.13. The average Bonchev–Trinajstić information content (AvgIpc) is 3.70. The first-order chi connectivity index (χ1) is 25.8. The van der Waals surface area contributed by atoms with E-state index >= 15 is 0 Å². The molecular formula is C42H65NO11. The third kappa shape index (κ3) is 8.85. The van der Waals surface area contributed by atoms with Crippen molar-refractivity contribution < 1.29 is 52.3 Å². The average molecular weight is 760 g/mol. The lowest BCUT2D eigenvalue weighted by Crippen LogP contribution is -2.60. The van der Waals surface area contributed by atoms with E-state index in [1.165, 1.54) is 6.92 Å². The first-order valence-corrected chi connectivity index (χ1v) is 20.5. The minimum Gasteiger partial charge on any atom is -0.462 e. The molecule has 0 amide bonds. The van der Waals surface area contributed by atoms with Crippen LogP contribution in [-0.2, 0) is 52.3 Å². The molecule has 3 aliphatic carbocycles. The lowest BCUT2D eigenvalue weighted by atomic mass is 9.70. The lowest BCUT2D eigenvalue weighted by Gasteiger charge is -2.44. The van der Waals surface area contributed by atoms with Crippen LogP contribution in [0.3, 0.4) is 0 Å².